The zero-order valence-electron chi connectivity index (χ0n) is 17.0. The van der Waals surface area contributed by atoms with Crippen LogP contribution in [0.1, 0.15) is 44.2 Å². The Kier molecular flexibility index (Phi) is 6.64. The van der Waals surface area contributed by atoms with E-state index in [9.17, 15) is 9.59 Å². The van der Waals surface area contributed by atoms with Gasteiger partial charge in [0.25, 0.3) is 5.56 Å². The molecule has 8 heteroatoms. The van der Waals surface area contributed by atoms with Crippen molar-refractivity contribution in [3.05, 3.63) is 57.0 Å². The van der Waals surface area contributed by atoms with Gasteiger partial charge >= 0.3 is 5.97 Å². The van der Waals surface area contributed by atoms with Crippen molar-refractivity contribution >= 4 is 23.5 Å². The maximum Gasteiger partial charge on any atom is 0.336 e. The highest BCUT2D eigenvalue weighted by molar-refractivity contribution is 7.99. The number of anilines is 1. The summed E-state index contributed by atoms with van der Waals surface area (Å²) >= 11 is 1.49. The molecule has 1 aliphatic rings. The molecule has 0 bridgehead atoms. The van der Waals surface area contributed by atoms with Crippen molar-refractivity contribution < 1.29 is 14.3 Å². The summed E-state index contributed by atoms with van der Waals surface area (Å²) < 4.78 is 10.6. The summed E-state index contributed by atoms with van der Waals surface area (Å²) in [4.78, 5) is 33.3. The number of rotatable bonds is 7. The molecule has 0 spiro atoms. The first-order valence-electron chi connectivity index (χ1n) is 9.56. The summed E-state index contributed by atoms with van der Waals surface area (Å²) in [6.07, 6.45) is 0.970. The predicted octanol–water partition coefficient (Wildman–Crippen LogP) is 3.68. The van der Waals surface area contributed by atoms with Gasteiger partial charge in [-0.3, -0.25) is 4.79 Å². The van der Waals surface area contributed by atoms with Gasteiger partial charge in [-0.25, -0.2) is 9.78 Å². The highest BCUT2D eigenvalue weighted by Gasteiger charge is 2.36. The molecule has 7 nitrogen and oxygen atoms in total. The first-order chi connectivity index (χ1) is 14.0. The number of methoxy groups -OCH3 is 1. The SMILES string of the molecule is CCCSc1nc2c(c(=O)[nH]1)[C@H](c1cccc(OC)c1)C(C(=O)OCC)=C(C)N2. The van der Waals surface area contributed by atoms with E-state index in [0.29, 0.717) is 33.6 Å². The molecule has 154 valence electrons. The summed E-state index contributed by atoms with van der Waals surface area (Å²) in [5.41, 5.74) is 1.90. The molecule has 1 aliphatic heterocycles. The molecular formula is C21H25N3O4S. The number of H-pyrrole nitrogens is 1. The van der Waals surface area contributed by atoms with Gasteiger partial charge in [-0.05, 0) is 38.0 Å². The molecule has 1 aromatic carbocycles. The minimum absolute atomic E-state index is 0.245. The average Bonchev–Trinajstić information content (AvgIpc) is 2.71. The number of carbonyl (C=O) groups is 1. The van der Waals surface area contributed by atoms with Crippen LogP contribution in [0.15, 0.2) is 45.5 Å². The summed E-state index contributed by atoms with van der Waals surface area (Å²) in [6.45, 7) is 5.86. The van der Waals surface area contributed by atoms with Gasteiger partial charge in [-0.1, -0.05) is 30.8 Å². The number of allylic oxidation sites excluding steroid dienone is 1. The van der Waals surface area contributed by atoms with Crippen LogP contribution in [0, 0.1) is 0 Å². The van der Waals surface area contributed by atoms with Gasteiger partial charge < -0.3 is 19.8 Å². The molecule has 0 radical (unpaired) electrons. The Labute approximate surface area is 173 Å². The number of nitrogens with one attached hydrogen (secondary N) is 2. The first kappa shape index (κ1) is 21.0. The number of esters is 1. The molecule has 0 saturated heterocycles. The normalized spacial score (nSPS) is 15.5. The second-order valence-electron chi connectivity index (χ2n) is 6.58. The lowest BCUT2D eigenvalue weighted by atomic mass is 9.82. The second-order valence-corrected chi connectivity index (χ2v) is 7.66. The number of ether oxygens (including phenoxy) is 2. The summed E-state index contributed by atoms with van der Waals surface area (Å²) in [6, 6.07) is 7.35. The van der Waals surface area contributed by atoms with Crippen LogP contribution in [0.5, 0.6) is 5.75 Å². The molecule has 0 aliphatic carbocycles. The highest BCUT2D eigenvalue weighted by Crippen LogP contribution is 2.40. The monoisotopic (exact) mass is 415 g/mol. The van der Waals surface area contributed by atoms with Crippen molar-refractivity contribution in [2.24, 2.45) is 0 Å². The highest BCUT2D eigenvalue weighted by atomic mass is 32.2. The number of aromatic nitrogens is 2. The Balaban J connectivity index is 2.20. The van der Waals surface area contributed by atoms with Crippen LogP contribution in [-0.4, -0.2) is 35.4 Å². The van der Waals surface area contributed by atoms with E-state index in [2.05, 4.69) is 22.2 Å². The molecule has 0 amide bonds. The average molecular weight is 416 g/mol. The molecule has 3 rings (SSSR count). The molecule has 1 aromatic heterocycles. The minimum atomic E-state index is -0.609. The smallest absolute Gasteiger partial charge is 0.336 e. The van der Waals surface area contributed by atoms with Gasteiger partial charge in [0.15, 0.2) is 5.16 Å². The van der Waals surface area contributed by atoms with Crippen LogP contribution < -0.4 is 15.6 Å². The van der Waals surface area contributed by atoms with Crippen molar-refractivity contribution in [1.82, 2.24) is 9.97 Å². The van der Waals surface area contributed by atoms with E-state index in [-0.39, 0.29) is 12.2 Å². The lowest BCUT2D eigenvalue weighted by molar-refractivity contribution is -0.138. The predicted molar refractivity (Wildman–Crippen MR) is 114 cm³/mol. The van der Waals surface area contributed by atoms with Crippen LogP contribution in [-0.2, 0) is 9.53 Å². The summed E-state index contributed by atoms with van der Waals surface area (Å²) in [7, 11) is 1.58. The Bertz CT molecular complexity index is 1000. The number of hydrogen-bond donors (Lipinski definition) is 2. The fourth-order valence-electron chi connectivity index (χ4n) is 3.33. The lowest BCUT2D eigenvalue weighted by Gasteiger charge is -2.29. The van der Waals surface area contributed by atoms with Crippen LogP contribution in [0.25, 0.3) is 0 Å². The van der Waals surface area contributed by atoms with Crippen molar-refractivity contribution in [1.29, 1.82) is 0 Å². The molecule has 1 atom stereocenters. The Morgan fingerprint density at radius 2 is 2.10 bits per heavy atom. The van der Waals surface area contributed by atoms with Gasteiger partial charge in [0.05, 0.1) is 30.8 Å². The van der Waals surface area contributed by atoms with E-state index in [1.807, 2.05) is 24.3 Å². The molecule has 2 heterocycles. The van der Waals surface area contributed by atoms with E-state index in [1.54, 1.807) is 21.0 Å². The quantitative estimate of drug-likeness (QED) is 0.405. The number of carbonyl (C=O) groups excluding carboxylic acids is 1. The van der Waals surface area contributed by atoms with E-state index < -0.39 is 11.9 Å². The molecule has 29 heavy (non-hydrogen) atoms. The number of aromatic amines is 1. The zero-order chi connectivity index (χ0) is 21.0. The van der Waals surface area contributed by atoms with Gasteiger partial charge in [0.2, 0.25) is 0 Å². The van der Waals surface area contributed by atoms with E-state index in [4.69, 9.17) is 9.47 Å². The summed E-state index contributed by atoms with van der Waals surface area (Å²) in [5, 5.41) is 3.69. The Hall–Kier alpha value is -2.74. The van der Waals surface area contributed by atoms with Gasteiger partial charge in [0, 0.05) is 11.4 Å². The van der Waals surface area contributed by atoms with Crippen molar-refractivity contribution in [2.45, 2.75) is 38.3 Å². The van der Waals surface area contributed by atoms with Crippen molar-refractivity contribution in [3.8, 4) is 5.75 Å². The number of hydrogen-bond acceptors (Lipinski definition) is 7. The van der Waals surface area contributed by atoms with Gasteiger partial charge in [-0.2, -0.15) is 0 Å². The number of fused-ring (bicyclic) bond motifs is 1. The summed E-state index contributed by atoms with van der Waals surface area (Å²) in [5.74, 6) is 0.888. The first-order valence-corrected chi connectivity index (χ1v) is 10.5. The third kappa shape index (κ3) is 4.32. The maximum atomic E-state index is 13.1. The van der Waals surface area contributed by atoms with Crippen LogP contribution in [0.3, 0.4) is 0 Å². The number of thioether (sulfide) groups is 1. The number of benzene rings is 1. The lowest BCUT2D eigenvalue weighted by Crippen LogP contribution is -2.31. The third-order valence-electron chi connectivity index (χ3n) is 4.59. The largest absolute Gasteiger partial charge is 0.497 e. The topological polar surface area (TPSA) is 93.3 Å². The Morgan fingerprint density at radius 1 is 1.31 bits per heavy atom. The fraction of sp³-hybridized carbons (Fsp3) is 0.381. The molecule has 0 fully saturated rings. The molecule has 0 saturated carbocycles. The van der Waals surface area contributed by atoms with Crippen LogP contribution >= 0.6 is 11.8 Å². The van der Waals surface area contributed by atoms with Crippen molar-refractivity contribution in [2.75, 3.05) is 24.8 Å². The maximum absolute atomic E-state index is 13.1. The van der Waals surface area contributed by atoms with Crippen LogP contribution in [0.2, 0.25) is 0 Å². The zero-order valence-corrected chi connectivity index (χ0v) is 17.8. The minimum Gasteiger partial charge on any atom is -0.497 e. The van der Waals surface area contributed by atoms with Gasteiger partial charge in [-0.15, -0.1) is 0 Å². The van der Waals surface area contributed by atoms with E-state index in [0.717, 1.165) is 17.7 Å². The molecular weight excluding hydrogens is 390 g/mol. The van der Waals surface area contributed by atoms with Gasteiger partial charge in [0.1, 0.15) is 11.6 Å². The third-order valence-corrected chi connectivity index (χ3v) is 5.67. The number of nitrogens with zero attached hydrogens (tertiary/aromatic N) is 1. The van der Waals surface area contributed by atoms with Crippen LogP contribution in [0.4, 0.5) is 5.82 Å². The molecule has 2 aromatic rings. The Morgan fingerprint density at radius 3 is 2.79 bits per heavy atom. The second kappa shape index (κ2) is 9.17. The van der Waals surface area contributed by atoms with Crippen molar-refractivity contribution in [3.63, 3.8) is 0 Å². The molecule has 2 N–H and O–H groups in total. The molecule has 0 unspecified atom stereocenters. The van der Waals surface area contributed by atoms with E-state index in [1.165, 1.54) is 11.8 Å². The van der Waals surface area contributed by atoms with E-state index >= 15 is 0 Å². The fourth-order valence-corrected chi connectivity index (χ4v) is 4.05. The standard InChI is InChI=1S/C21H25N3O4S/c1-5-10-29-21-23-18-17(19(25)24-21)16(13-8-7-9-14(11-13)27-4)15(12(3)22-18)20(26)28-6-2/h7-9,11,16H,5-6,10H2,1-4H3,(H2,22,23,24,25)/t16-/m1/s1.